The minimum atomic E-state index is 0.986. The molecule has 0 saturated carbocycles. The van der Waals surface area contributed by atoms with E-state index in [4.69, 9.17) is 0 Å². The number of unbranched alkanes of at least 4 members (excludes halogenated alkanes) is 1. The zero-order valence-electron chi connectivity index (χ0n) is 7.04. The Morgan fingerprint density at radius 3 is 2.70 bits per heavy atom. The van der Waals surface area contributed by atoms with E-state index in [2.05, 4.69) is 24.1 Å². The molecule has 1 heteroatoms. The van der Waals surface area contributed by atoms with Gasteiger partial charge in [0, 0.05) is 13.0 Å². The van der Waals surface area contributed by atoms with Gasteiger partial charge >= 0.3 is 0 Å². The fraction of sp³-hybridized carbons (Fsp3) is 0.778. The lowest BCUT2D eigenvalue weighted by molar-refractivity contribution is 0.648. The molecular formula is C9H17N. The highest BCUT2D eigenvalue weighted by Crippen LogP contribution is 1.82. The van der Waals surface area contributed by atoms with Gasteiger partial charge in [-0.15, -0.1) is 11.8 Å². The van der Waals surface area contributed by atoms with Gasteiger partial charge in [0.2, 0.25) is 0 Å². The molecule has 0 aliphatic carbocycles. The SMILES string of the molecule is CC#CCCNCCCC. The van der Waals surface area contributed by atoms with E-state index in [1.165, 1.54) is 12.8 Å². The van der Waals surface area contributed by atoms with Crippen molar-refractivity contribution in [2.75, 3.05) is 13.1 Å². The first-order chi connectivity index (χ1) is 4.91. The lowest BCUT2D eigenvalue weighted by atomic mass is 10.3. The summed E-state index contributed by atoms with van der Waals surface area (Å²) >= 11 is 0. The molecule has 10 heavy (non-hydrogen) atoms. The second-order valence-electron chi connectivity index (χ2n) is 2.28. The first kappa shape index (κ1) is 9.52. The molecule has 0 aliphatic heterocycles. The van der Waals surface area contributed by atoms with Crippen molar-refractivity contribution in [3.8, 4) is 11.8 Å². The van der Waals surface area contributed by atoms with Crippen LogP contribution in [0.4, 0.5) is 0 Å². The molecule has 0 bridgehead atoms. The van der Waals surface area contributed by atoms with Gasteiger partial charge in [-0.2, -0.15) is 0 Å². The minimum absolute atomic E-state index is 0.986. The molecule has 0 atom stereocenters. The summed E-state index contributed by atoms with van der Waals surface area (Å²) in [6.45, 7) is 6.27. The molecule has 0 saturated heterocycles. The summed E-state index contributed by atoms with van der Waals surface area (Å²) < 4.78 is 0. The van der Waals surface area contributed by atoms with Crippen LogP contribution < -0.4 is 5.32 Å². The standard InChI is InChI=1S/C9H17N/c1-3-5-7-9-10-8-6-4-2/h10H,4,6-9H2,1-2H3. The van der Waals surface area contributed by atoms with Gasteiger partial charge in [-0.05, 0) is 19.9 Å². The van der Waals surface area contributed by atoms with E-state index in [1.54, 1.807) is 0 Å². The Kier molecular flexibility index (Phi) is 8.11. The van der Waals surface area contributed by atoms with E-state index in [-0.39, 0.29) is 0 Å². The van der Waals surface area contributed by atoms with Crippen molar-refractivity contribution in [2.24, 2.45) is 0 Å². The summed E-state index contributed by atoms with van der Waals surface area (Å²) in [6.07, 6.45) is 3.53. The van der Waals surface area contributed by atoms with Gasteiger partial charge in [-0.25, -0.2) is 0 Å². The van der Waals surface area contributed by atoms with Gasteiger partial charge in [0.05, 0.1) is 0 Å². The molecule has 0 aromatic heterocycles. The normalized spacial score (nSPS) is 8.60. The highest BCUT2D eigenvalue weighted by atomic mass is 14.8. The molecule has 0 radical (unpaired) electrons. The fourth-order valence-corrected chi connectivity index (χ4v) is 0.703. The van der Waals surface area contributed by atoms with E-state index >= 15 is 0 Å². The van der Waals surface area contributed by atoms with E-state index in [0.29, 0.717) is 0 Å². The lowest BCUT2D eigenvalue weighted by Gasteiger charge is -1.98. The van der Waals surface area contributed by atoms with Crippen molar-refractivity contribution in [3.63, 3.8) is 0 Å². The molecular weight excluding hydrogens is 122 g/mol. The van der Waals surface area contributed by atoms with Crippen LogP contribution in [0.1, 0.15) is 33.1 Å². The van der Waals surface area contributed by atoms with Crippen LogP contribution in [0.15, 0.2) is 0 Å². The van der Waals surface area contributed by atoms with Crippen LogP contribution in [0.25, 0.3) is 0 Å². The maximum Gasteiger partial charge on any atom is 0.0214 e. The van der Waals surface area contributed by atoms with Crippen LogP contribution >= 0.6 is 0 Å². The minimum Gasteiger partial charge on any atom is -0.316 e. The van der Waals surface area contributed by atoms with Gasteiger partial charge < -0.3 is 5.32 Å². The molecule has 1 nitrogen and oxygen atoms in total. The van der Waals surface area contributed by atoms with E-state index in [9.17, 15) is 0 Å². The highest BCUT2D eigenvalue weighted by Gasteiger charge is 1.82. The zero-order valence-corrected chi connectivity index (χ0v) is 7.04. The summed E-state index contributed by atoms with van der Waals surface area (Å²) in [7, 11) is 0. The third-order valence-corrected chi connectivity index (χ3v) is 1.31. The average Bonchev–Trinajstić information content (AvgIpc) is 1.97. The summed E-state index contributed by atoms with van der Waals surface area (Å²) in [5.74, 6) is 5.88. The molecule has 0 amide bonds. The van der Waals surface area contributed by atoms with E-state index < -0.39 is 0 Å². The quantitative estimate of drug-likeness (QED) is 0.452. The molecule has 0 heterocycles. The molecule has 0 fully saturated rings. The highest BCUT2D eigenvalue weighted by molar-refractivity contribution is 4.94. The maximum absolute atomic E-state index is 3.32. The largest absolute Gasteiger partial charge is 0.316 e. The smallest absolute Gasteiger partial charge is 0.0214 e. The van der Waals surface area contributed by atoms with E-state index in [0.717, 1.165) is 19.5 Å². The van der Waals surface area contributed by atoms with Crippen LogP contribution in [0.5, 0.6) is 0 Å². The third-order valence-electron chi connectivity index (χ3n) is 1.31. The van der Waals surface area contributed by atoms with Crippen LogP contribution in [-0.2, 0) is 0 Å². The molecule has 0 unspecified atom stereocenters. The number of hydrogen-bond donors (Lipinski definition) is 1. The summed E-state index contributed by atoms with van der Waals surface area (Å²) in [6, 6.07) is 0. The Hall–Kier alpha value is -0.480. The summed E-state index contributed by atoms with van der Waals surface area (Å²) in [5.41, 5.74) is 0. The molecule has 0 aliphatic rings. The van der Waals surface area contributed by atoms with Crippen molar-refractivity contribution >= 4 is 0 Å². The summed E-state index contributed by atoms with van der Waals surface area (Å²) in [4.78, 5) is 0. The predicted octanol–water partition coefficient (Wildman–Crippen LogP) is 1.79. The van der Waals surface area contributed by atoms with Crippen molar-refractivity contribution in [1.82, 2.24) is 5.32 Å². The second kappa shape index (κ2) is 8.52. The Labute approximate surface area is 64.2 Å². The third kappa shape index (κ3) is 7.52. The van der Waals surface area contributed by atoms with Crippen LogP contribution in [0.2, 0.25) is 0 Å². The van der Waals surface area contributed by atoms with Gasteiger partial charge in [-0.1, -0.05) is 13.3 Å². The van der Waals surface area contributed by atoms with Crippen LogP contribution in [0.3, 0.4) is 0 Å². The van der Waals surface area contributed by atoms with Gasteiger partial charge in [0.15, 0.2) is 0 Å². The molecule has 0 aromatic rings. The fourth-order valence-electron chi connectivity index (χ4n) is 0.703. The Bertz CT molecular complexity index is 108. The Balaban J connectivity index is 2.82. The van der Waals surface area contributed by atoms with Crippen molar-refractivity contribution < 1.29 is 0 Å². The predicted molar refractivity (Wildman–Crippen MR) is 45.8 cm³/mol. The topological polar surface area (TPSA) is 12.0 Å². The average molecular weight is 139 g/mol. The lowest BCUT2D eigenvalue weighted by Crippen LogP contribution is -2.15. The number of nitrogens with one attached hydrogen (secondary N) is 1. The second-order valence-corrected chi connectivity index (χ2v) is 2.28. The van der Waals surface area contributed by atoms with Gasteiger partial charge in [0.25, 0.3) is 0 Å². The number of hydrogen-bond acceptors (Lipinski definition) is 1. The van der Waals surface area contributed by atoms with Crippen molar-refractivity contribution in [2.45, 2.75) is 33.1 Å². The van der Waals surface area contributed by atoms with Gasteiger partial charge in [0.1, 0.15) is 0 Å². The molecule has 58 valence electrons. The van der Waals surface area contributed by atoms with Gasteiger partial charge in [-0.3, -0.25) is 0 Å². The maximum atomic E-state index is 3.32. The van der Waals surface area contributed by atoms with Crippen molar-refractivity contribution in [1.29, 1.82) is 0 Å². The Morgan fingerprint density at radius 2 is 2.10 bits per heavy atom. The molecule has 0 rings (SSSR count). The molecule has 1 N–H and O–H groups in total. The first-order valence-corrected chi connectivity index (χ1v) is 4.02. The number of rotatable bonds is 5. The van der Waals surface area contributed by atoms with Crippen LogP contribution in [0, 0.1) is 11.8 Å². The summed E-state index contributed by atoms with van der Waals surface area (Å²) in [5, 5.41) is 3.32. The first-order valence-electron chi connectivity index (χ1n) is 4.02. The molecule has 0 aromatic carbocycles. The monoisotopic (exact) mass is 139 g/mol. The molecule has 0 spiro atoms. The zero-order chi connectivity index (χ0) is 7.66. The van der Waals surface area contributed by atoms with Crippen LogP contribution in [-0.4, -0.2) is 13.1 Å². The van der Waals surface area contributed by atoms with E-state index in [1.807, 2.05) is 6.92 Å². The Morgan fingerprint density at radius 1 is 1.30 bits per heavy atom. The van der Waals surface area contributed by atoms with Crippen molar-refractivity contribution in [3.05, 3.63) is 0 Å².